The molecule has 0 amide bonds. The minimum atomic E-state index is -0.0327. The summed E-state index contributed by atoms with van der Waals surface area (Å²) in [6.45, 7) is 5.01. The van der Waals surface area contributed by atoms with Gasteiger partial charge in [-0.1, -0.05) is 50.2 Å². The van der Waals surface area contributed by atoms with E-state index in [9.17, 15) is 0 Å². The van der Waals surface area contributed by atoms with Crippen LogP contribution in [0.3, 0.4) is 0 Å². The summed E-state index contributed by atoms with van der Waals surface area (Å²) in [7, 11) is 0. The molecule has 22 heavy (non-hydrogen) atoms. The van der Waals surface area contributed by atoms with Crippen LogP contribution in [0.5, 0.6) is 0 Å². The summed E-state index contributed by atoms with van der Waals surface area (Å²) in [5, 5.41) is 13.2. The van der Waals surface area contributed by atoms with Crippen LogP contribution in [0.1, 0.15) is 13.8 Å². The lowest BCUT2D eigenvalue weighted by Gasteiger charge is -2.18. The third-order valence-electron chi connectivity index (χ3n) is 3.86. The number of hydrogen-bond donors (Lipinski definition) is 0. The second-order valence-electron chi connectivity index (χ2n) is 6.31. The van der Waals surface area contributed by atoms with Crippen LogP contribution in [0.4, 0.5) is 0 Å². The molecule has 0 spiro atoms. The van der Waals surface area contributed by atoms with Crippen molar-refractivity contribution in [2.24, 2.45) is 10.5 Å². The first-order valence-electron chi connectivity index (χ1n) is 7.41. The van der Waals surface area contributed by atoms with Crippen LogP contribution in [-0.2, 0) is 0 Å². The minimum Gasteiger partial charge on any atom is -0.184 e. The molecule has 0 atom stereocenters. The van der Waals surface area contributed by atoms with E-state index in [0.29, 0.717) is 0 Å². The van der Waals surface area contributed by atoms with Crippen molar-refractivity contribution in [2.45, 2.75) is 13.8 Å². The van der Waals surface area contributed by atoms with E-state index in [1.807, 2.05) is 17.4 Å². The van der Waals surface area contributed by atoms with Crippen molar-refractivity contribution >= 4 is 17.0 Å². The fraction of sp³-hybridized carbons (Fsp3) is 0.222. The van der Waals surface area contributed by atoms with Crippen molar-refractivity contribution in [3.63, 3.8) is 0 Å². The van der Waals surface area contributed by atoms with E-state index in [-0.39, 0.29) is 5.41 Å². The van der Waals surface area contributed by atoms with Crippen LogP contribution in [-0.4, -0.2) is 22.6 Å². The average molecular weight is 289 g/mol. The molecule has 1 radical (unpaired) electrons. The van der Waals surface area contributed by atoms with Gasteiger partial charge in [0, 0.05) is 11.0 Å². The van der Waals surface area contributed by atoms with Gasteiger partial charge in [-0.05, 0) is 22.9 Å². The molecule has 2 aromatic carbocycles. The molecule has 1 aromatic heterocycles. The molecule has 0 aliphatic carbocycles. The highest BCUT2D eigenvalue weighted by atomic mass is 15.8. The number of hydrazone groups is 1. The fourth-order valence-corrected chi connectivity index (χ4v) is 2.68. The predicted molar refractivity (Wildman–Crippen MR) is 89.5 cm³/mol. The molecule has 1 aliphatic heterocycles. The van der Waals surface area contributed by atoms with E-state index in [0.717, 1.165) is 17.8 Å². The van der Waals surface area contributed by atoms with Gasteiger partial charge < -0.3 is 0 Å². The molecule has 1 aliphatic rings. The molecule has 0 unspecified atom stereocenters. The number of hydrogen-bond acceptors (Lipinski definition) is 3. The molecule has 0 saturated heterocycles. The molecule has 3 aromatic rings. The van der Waals surface area contributed by atoms with Crippen LogP contribution in [0.25, 0.3) is 22.0 Å². The number of aromatic nitrogens is 2. The van der Waals surface area contributed by atoms with E-state index in [2.05, 4.69) is 72.7 Å². The number of benzene rings is 2. The molecule has 0 bridgehead atoms. The van der Waals surface area contributed by atoms with Crippen molar-refractivity contribution in [3.8, 4) is 11.3 Å². The Labute approximate surface area is 129 Å². The third kappa shape index (κ3) is 2.26. The molecule has 0 saturated carbocycles. The summed E-state index contributed by atoms with van der Waals surface area (Å²) < 4.78 is 0. The van der Waals surface area contributed by atoms with E-state index in [4.69, 9.17) is 0 Å². The van der Waals surface area contributed by atoms with Crippen LogP contribution >= 0.6 is 0 Å². The first-order valence-corrected chi connectivity index (χ1v) is 7.41. The van der Waals surface area contributed by atoms with E-state index < -0.39 is 0 Å². The molecule has 4 rings (SSSR count). The maximum absolute atomic E-state index is 4.64. The Morgan fingerprint density at radius 1 is 1.05 bits per heavy atom. The van der Waals surface area contributed by atoms with Gasteiger partial charge >= 0.3 is 0 Å². The highest BCUT2D eigenvalue weighted by molar-refractivity contribution is 5.86. The molecule has 0 N–H and O–H groups in total. The zero-order valence-electron chi connectivity index (χ0n) is 12.7. The van der Waals surface area contributed by atoms with Gasteiger partial charge in [0.2, 0.25) is 0 Å². The zero-order valence-corrected chi connectivity index (χ0v) is 12.7. The Balaban J connectivity index is 1.67. The van der Waals surface area contributed by atoms with Crippen molar-refractivity contribution in [2.75, 3.05) is 11.7 Å². The summed E-state index contributed by atoms with van der Waals surface area (Å²) in [5.41, 5.74) is 2.03. The first-order chi connectivity index (χ1) is 10.6. The van der Waals surface area contributed by atoms with Crippen LogP contribution in [0, 0.1) is 5.41 Å². The second-order valence-corrected chi connectivity index (χ2v) is 6.31. The lowest BCUT2D eigenvalue weighted by atomic mass is 9.97. The molecule has 0 fully saturated rings. The third-order valence-corrected chi connectivity index (χ3v) is 3.86. The zero-order chi connectivity index (χ0) is 15.2. The van der Waals surface area contributed by atoms with Crippen molar-refractivity contribution in [3.05, 3.63) is 54.7 Å². The number of fused-ring (bicyclic) bond motifs is 1. The van der Waals surface area contributed by atoms with E-state index in [1.54, 1.807) is 4.79 Å². The largest absolute Gasteiger partial charge is 0.184 e. The van der Waals surface area contributed by atoms with Gasteiger partial charge in [-0.3, -0.25) is 0 Å². The van der Waals surface area contributed by atoms with Crippen molar-refractivity contribution in [1.29, 1.82) is 0 Å². The van der Waals surface area contributed by atoms with Gasteiger partial charge in [0.05, 0.1) is 24.7 Å². The lowest BCUT2D eigenvalue weighted by Crippen LogP contribution is -2.32. The van der Waals surface area contributed by atoms with Crippen LogP contribution in [0.15, 0.2) is 59.8 Å². The van der Waals surface area contributed by atoms with Gasteiger partial charge in [-0.15, -0.1) is 0 Å². The van der Waals surface area contributed by atoms with Gasteiger partial charge in [-0.2, -0.15) is 20.1 Å². The topological polar surface area (TPSA) is 33.4 Å². The Bertz CT molecular complexity index is 860. The predicted octanol–water partition coefficient (Wildman–Crippen LogP) is 3.54. The van der Waals surface area contributed by atoms with Gasteiger partial charge in [0.1, 0.15) is 0 Å². The summed E-state index contributed by atoms with van der Waals surface area (Å²) >= 11 is 0. The van der Waals surface area contributed by atoms with Gasteiger partial charge in [0.15, 0.2) is 0 Å². The molecular weight excluding hydrogens is 272 g/mol. The molecular formula is C18H17N4. The molecule has 4 nitrogen and oxygen atoms in total. The molecule has 2 heterocycles. The van der Waals surface area contributed by atoms with E-state index in [1.165, 1.54) is 10.8 Å². The van der Waals surface area contributed by atoms with Gasteiger partial charge in [-0.25, -0.2) is 0 Å². The summed E-state index contributed by atoms with van der Waals surface area (Å²) in [6, 6.07) is 16.8. The summed E-state index contributed by atoms with van der Waals surface area (Å²) in [5.74, 6) is 0. The normalized spacial score (nSPS) is 16.5. The summed E-state index contributed by atoms with van der Waals surface area (Å²) in [6.07, 6.45) is 5.05. The van der Waals surface area contributed by atoms with Crippen LogP contribution < -0.4 is 5.12 Å². The lowest BCUT2D eigenvalue weighted by molar-refractivity contribution is 0.474. The number of rotatable bonds is 2. The van der Waals surface area contributed by atoms with Gasteiger partial charge in [0.25, 0.3) is 0 Å². The Hall–Kier alpha value is -2.62. The average Bonchev–Trinajstić information content (AvgIpc) is 3.13. The quantitative estimate of drug-likeness (QED) is 0.723. The standard InChI is InChI=1S/C18H17N4/c1-18(2)12-19-22(13-18)21-10-9-17(20-21)16-8-7-14-5-3-4-6-15(14)11-16/h3-11H,13H2,1-2H3. The molecule has 4 heteroatoms. The second kappa shape index (κ2) is 4.70. The van der Waals surface area contributed by atoms with Crippen molar-refractivity contribution in [1.82, 2.24) is 9.89 Å². The molecule has 109 valence electrons. The van der Waals surface area contributed by atoms with Crippen LogP contribution in [0.2, 0.25) is 0 Å². The Kier molecular flexibility index (Phi) is 2.79. The summed E-state index contributed by atoms with van der Waals surface area (Å²) in [4.78, 5) is 1.78. The highest BCUT2D eigenvalue weighted by Crippen LogP contribution is 2.24. The Morgan fingerprint density at radius 2 is 1.86 bits per heavy atom. The maximum Gasteiger partial charge on any atom is 0.0945 e. The smallest absolute Gasteiger partial charge is 0.0945 e. The SMILES string of the molecule is CC1(C)[C]=NN(n2ccc(-c3ccc4ccccc4c3)n2)C1. The Morgan fingerprint density at radius 3 is 2.64 bits per heavy atom. The first kappa shape index (κ1) is 13.1. The van der Waals surface area contributed by atoms with E-state index >= 15 is 0 Å². The monoisotopic (exact) mass is 289 g/mol. The van der Waals surface area contributed by atoms with Crippen molar-refractivity contribution < 1.29 is 0 Å². The number of nitrogens with zero attached hydrogens (tertiary/aromatic N) is 4. The fourth-order valence-electron chi connectivity index (χ4n) is 2.68. The maximum atomic E-state index is 4.64. The minimum absolute atomic E-state index is 0.0327. The highest BCUT2D eigenvalue weighted by Gasteiger charge is 2.27.